The number of phenols is 1. The zero-order chi connectivity index (χ0) is 17.5. The molecule has 2 aromatic carbocycles. The number of carbonyl (C=O) groups excluding carboxylic acids is 1. The molecule has 0 aliphatic rings. The molecule has 0 fully saturated rings. The number of hydrazone groups is 1. The Morgan fingerprint density at radius 1 is 1.38 bits per heavy atom. The minimum Gasteiger partial charge on any atom is -0.506 e. The molecule has 0 spiro atoms. The van der Waals surface area contributed by atoms with Gasteiger partial charge in [0.1, 0.15) is 11.5 Å². The molecule has 0 aromatic heterocycles. The molecule has 0 radical (unpaired) electrons. The third-order valence-corrected chi connectivity index (χ3v) is 4.32. The van der Waals surface area contributed by atoms with Crippen LogP contribution in [0.25, 0.3) is 0 Å². The summed E-state index contributed by atoms with van der Waals surface area (Å²) in [5, 5.41) is 16.8. The number of halogens is 2. The third kappa shape index (κ3) is 5.38. The summed E-state index contributed by atoms with van der Waals surface area (Å²) in [6, 6.07) is 10.9. The number of benzene rings is 2. The quantitative estimate of drug-likeness (QED) is 0.321. The molecule has 0 bridgehead atoms. The van der Waals surface area contributed by atoms with E-state index in [4.69, 9.17) is 4.74 Å². The molecule has 0 atom stereocenters. The fourth-order valence-electron chi connectivity index (χ4n) is 1.77. The van der Waals surface area contributed by atoms with Crippen molar-refractivity contribution in [2.75, 3.05) is 19.0 Å². The number of carbonyl (C=O) groups is 1. The maximum Gasteiger partial charge on any atom is 0.259 e. The van der Waals surface area contributed by atoms with Crippen LogP contribution in [-0.2, 0) is 4.79 Å². The highest BCUT2D eigenvalue weighted by molar-refractivity contribution is 14.1. The number of nitrogens with one attached hydrogen (secondary N) is 2. The Labute approximate surface area is 161 Å². The summed E-state index contributed by atoms with van der Waals surface area (Å²) in [6.45, 7) is 0.0890. The van der Waals surface area contributed by atoms with E-state index >= 15 is 0 Å². The maximum atomic E-state index is 11.8. The van der Waals surface area contributed by atoms with Crippen molar-refractivity contribution in [1.29, 1.82) is 0 Å². The van der Waals surface area contributed by atoms with Crippen molar-refractivity contribution in [2.24, 2.45) is 5.10 Å². The molecule has 8 heteroatoms. The average molecular weight is 504 g/mol. The molecule has 126 valence electrons. The van der Waals surface area contributed by atoms with Crippen LogP contribution >= 0.6 is 38.5 Å². The van der Waals surface area contributed by atoms with Gasteiger partial charge in [-0.15, -0.1) is 0 Å². The number of ether oxygens (including phenoxy) is 1. The molecule has 0 saturated carbocycles. The Morgan fingerprint density at radius 2 is 2.08 bits per heavy atom. The molecule has 1 amide bonds. The highest BCUT2D eigenvalue weighted by Gasteiger charge is 2.07. The van der Waals surface area contributed by atoms with Crippen LogP contribution in [0.3, 0.4) is 0 Å². The lowest BCUT2D eigenvalue weighted by Crippen LogP contribution is -2.25. The zero-order valence-corrected chi connectivity index (χ0v) is 16.5. The van der Waals surface area contributed by atoms with Gasteiger partial charge in [-0.3, -0.25) is 4.79 Å². The second-order valence-electron chi connectivity index (χ2n) is 4.70. The van der Waals surface area contributed by atoms with E-state index in [2.05, 4.69) is 54.4 Å². The number of methoxy groups -OCH3 is 1. The standard InChI is InChI=1S/C16H15BrIN3O3/c1-24-13-6-10(16(23)14(17)7-13)8-20-21-15(22)9-19-12-4-2-11(18)3-5-12/h2-8,19,23H,9H2,1H3,(H,21,22)/b20-8-. The van der Waals surface area contributed by atoms with Gasteiger partial charge < -0.3 is 15.2 Å². The van der Waals surface area contributed by atoms with Crippen LogP contribution in [0.5, 0.6) is 11.5 Å². The molecule has 3 N–H and O–H groups in total. The van der Waals surface area contributed by atoms with Crippen LogP contribution in [0, 0.1) is 3.57 Å². The van der Waals surface area contributed by atoms with Crippen LogP contribution in [0.4, 0.5) is 5.69 Å². The number of amides is 1. The lowest BCUT2D eigenvalue weighted by molar-refractivity contribution is -0.119. The second-order valence-corrected chi connectivity index (χ2v) is 6.80. The number of hydrogen-bond donors (Lipinski definition) is 3. The van der Waals surface area contributed by atoms with Crippen molar-refractivity contribution in [1.82, 2.24) is 5.43 Å². The lowest BCUT2D eigenvalue weighted by atomic mass is 10.2. The number of hydrogen-bond acceptors (Lipinski definition) is 5. The summed E-state index contributed by atoms with van der Waals surface area (Å²) in [5.74, 6) is 0.282. The molecule has 6 nitrogen and oxygen atoms in total. The molecule has 2 aromatic rings. The van der Waals surface area contributed by atoms with E-state index in [1.165, 1.54) is 13.3 Å². The molecule has 0 unspecified atom stereocenters. The van der Waals surface area contributed by atoms with Gasteiger partial charge in [0.05, 0.1) is 24.3 Å². The van der Waals surface area contributed by atoms with Crippen LogP contribution in [0.15, 0.2) is 46.0 Å². The Kier molecular flexibility index (Phi) is 6.85. The molecule has 2 rings (SSSR count). The molecule has 0 aliphatic carbocycles. The van der Waals surface area contributed by atoms with Gasteiger partial charge in [-0.05, 0) is 74.9 Å². The second kappa shape index (κ2) is 8.88. The number of anilines is 1. The number of rotatable bonds is 6. The Morgan fingerprint density at radius 3 is 2.75 bits per heavy atom. The predicted octanol–water partition coefficient (Wildman–Crippen LogP) is 3.33. The third-order valence-electron chi connectivity index (χ3n) is 2.99. The van der Waals surface area contributed by atoms with Crippen LogP contribution in [0.1, 0.15) is 5.56 Å². The van der Waals surface area contributed by atoms with E-state index in [1.54, 1.807) is 12.1 Å². The van der Waals surface area contributed by atoms with E-state index in [0.29, 0.717) is 15.8 Å². The maximum absolute atomic E-state index is 11.8. The summed E-state index contributed by atoms with van der Waals surface area (Å²) < 4.78 is 6.72. The van der Waals surface area contributed by atoms with E-state index in [0.717, 1.165) is 9.26 Å². The zero-order valence-electron chi connectivity index (χ0n) is 12.7. The molecular weight excluding hydrogens is 489 g/mol. The molecule has 24 heavy (non-hydrogen) atoms. The van der Waals surface area contributed by atoms with Crippen LogP contribution < -0.4 is 15.5 Å². The normalized spacial score (nSPS) is 10.6. The van der Waals surface area contributed by atoms with Gasteiger partial charge >= 0.3 is 0 Å². The first-order valence-electron chi connectivity index (χ1n) is 6.87. The summed E-state index contributed by atoms with van der Waals surface area (Å²) >= 11 is 5.44. The topological polar surface area (TPSA) is 83.0 Å². The van der Waals surface area contributed by atoms with E-state index < -0.39 is 0 Å². The van der Waals surface area contributed by atoms with Crippen molar-refractivity contribution in [2.45, 2.75) is 0 Å². The van der Waals surface area contributed by atoms with Gasteiger partial charge in [0.2, 0.25) is 0 Å². The first kappa shape index (κ1) is 18.5. The van der Waals surface area contributed by atoms with E-state index in [9.17, 15) is 9.90 Å². The van der Waals surface area contributed by atoms with Crippen molar-refractivity contribution in [3.8, 4) is 11.5 Å². The number of aromatic hydroxyl groups is 1. The van der Waals surface area contributed by atoms with Gasteiger partial charge in [0, 0.05) is 14.8 Å². The molecular formula is C16H15BrIN3O3. The molecule has 0 aliphatic heterocycles. The predicted molar refractivity (Wildman–Crippen MR) is 106 cm³/mol. The van der Waals surface area contributed by atoms with Gasteiger partial charge in [-0.1, -0.05) is 0 Å². The van der Waals surface area contributed by atoms with E-state index in [1.807, 2.05) is 24.3 Å². The number of phenolic OH excluding ortho intramolecular Hbond substituents is 1. The fourth-order valence-corrected chi connectivity index (χ4v) is 2.59. The van der Waals surface area contributed by atoms with Gasteiger partial charge in [0.25, 0.3) is 5.91 Å². The largest absolute Gasteiger partial charge is 0.506 e. The van der Waals surface area contributed by atoms with Gasteiger partial charge in [0.15, 0.2) is 0 Å². The highest BCUT2D eigenvalue weighted by atomic mass is 127. The summed E-state index contributed by atoms with van der Waals surface area (Å²) in [6.07, 6.45) is 1.35. The first-order valence-corrected chi connectivity index (χ1v) is 8.74. The minimum atomic E-state index is -0.300. The number of nitrogens with zero attached hydrogens (tertiary/aromatic N) is 1. The molecule has 0 heterocycles. The average Bonchev–Trinajstić information content (AvgIpc) is 2.58. The van der Waals surface area contributed by atoms with Gasteiger partial charge in [-0.2, -0.15) is 5.10 Å². The Bertz CT molecular complexity index is 751. The monoisotopic (exact) mass is 503 g/mol. The fraction of sp³-hybridized carbons (Fsp3) is 0.125. The lowest BCUT2D eigenvalue weighted by Gasteiger charge is -2.06. The minimum absolute atomic E-state index is 0.0193. The van der Waals surface area contributed by atoms with E-state index in [-0.39, 0.29) is 18.2 Å². The van der Waals surface area contributed by atoms with Crippen molar-refractivity contribution in [3.05, 3.63) is 50.0 Å². The summed E-state index contributed by atoms with van der Waals surface area (Å²) in [7, 11) is 1.53. The Balaban J connectivity index is 1.90. The smallest absolute Gasteiger partial charge is 0.259 e. The first-order chi connectivity index (χ1) is 11.5. The summed E-state index contributed by atoms with van der Waals surface area (Å²) in [5.41, 5.74) is 3.67. The van der Waals surface area contributed by atoms with Crippen molar-refractivity contribution < 1.29 is 14.6 Å². The summed E-state index contributed by atoms with van der Waals surface area (Å²) in [4.78, 5) is 11.8. The van der Waals surface area contributed by atoms with Gasteiger partial charge in [-0.25, -0.2) is 5.43 Å². The highest BCUT2D eigenvalue weighted by Crippen LogP contribution is 2.31. The molecule has 0 saturated heterocycles. The van der Waals surface area contributed by atoms with Crippen LogP contribution in [0.2, 0.25) is 0 Å². The van der Waals surface area contributed by atoms with Crippen molar-refractivity contribution >= 4 is 56.3 Å². The Hall–Kier alpha value is -1.81. The van der Waals surface area contributed by atoms with Crippen LogP contribution in [-0.4, -0.2) is 30.9 Å². The van der Waals surface area contributed by atoms with Crippen molar-refractivity contribution in [3.63, 3.8) is 0 Å². The SMILES string of the molecule is COc1cc(Br)c(O)c(/C=N\NC(=O)CNc2ccc(I)cc2)c1.